The number of hydrogen-bond acceptors (Lipinski definition) is 3. The molecule has 0 amide bonds. The molecule has 0 radical (unpaired) electrons. The maximum atomic E-state index is 13.8. The van der Waals surface area contributed by atoms with Crippen molar-refractivity contribution in [1.82, 2.24) is 0 Å². The maximum absolute atomic E-state index is 13.8. The third-order valence-electron chi connectivity index (χ3n) is 2.56. The summed E-state index contributed by atoms with van der Waals surface area (Å²) in [6, 6.07) is 5.40. The zero-order valence-corrected chi connectivity index (χ0v) is 11.0. The standard InChI is InChI=1S/C13H18FNOS/c1-13(2,15)6-9-3-4-12(11(14)5-9)17-10-7-16-8-10/h3-5,10H,6-8,15H2,1-2H3. The van der Waals surface area contributed by atoms with Gasteiger partial charge in [-0.05, 0) is 38.0 Å². The summed E-state index contributed by atoms with van der Waals surface area (Å²) < 4.78 is 18.9. The van der Waals surface area contributed by atoms with E-state index >= 15 is 0 Å². The molecule has 1 aliphatic heterocycles. The summed E-state index contributed by atoms with van der Waals surface area (Å²) >= 11 is 1.55. The first-order valence-corrected chi connectivity index (χ1v) is 6.64. The first-order valence-electron chi connectivity index (χ1n) is 5.76. The molecule has 17 heavy (non-hydrogen) atoms. The van der Waals surface area contributed by atoms with Gasteiger partial charge in [-0.3, -0.25) is 0 Å². The summed E-state index contributed by atoms with van der Waals surface area (Å²) in [4.78, 5) is 0.705. The fourth-order valence-corrected chi connectivity index (χ4v) is 2.74. The molecule has 1 aliphatic rings. The van der Waals surface area contributed by atoms with Gasteiger partial charge in [0.05, 0.1) is 18.5 Å². The van der Waals surface area contributed by atoms with Crippen molar-refractivity contribution in [2.24, 2.45) is 5.73 Å². The lowest BCUT2D eigenvalue weighted by Gasteiger charge is -2.25. The third-order valence-corrected chi connectivity index (χ3v) is 3.75. The van der Waals surface area contributed by atoms with Crippen LogP contribution in [-0.4, -0.2) is 24.0 Å². The van der Waals surface area contributed by atoms with Crippen LogP contribution in [0.1, 0.15) is 19.4 Å². The van der Waals surface area contributed by atoms with Crippen LogP contribution in [0, 0.1) is 5.82 Å². The number of ether oxygens (including phenoxy) is 1. The van der Waals surface area contributed by atoms with Crippen molar-refractivity contribution in [2.75, 3.05) is 13.2 Å². The molecule has 4 heteroatoms. The van der Waals surface area contributed by atoms with E-state index in [2.05, 4.69) is 0 Å². The lowest BCUT2D eigenvalue weighted by molar-refractivity contribution is 0.0455. The van der Waals surface area contributed by atoms with Crippen molar-refractivity contribution in [3.8, 4) is 0 Å². The SMILES string of the molecule is CC(C)(N)Cc1ccc(SC2COC2)c(F)c1. The van der Waals surface area contributed by atoms with Crippen molar-refractivity contribution in [3.05, 3.63) is 29.6 Å². The Morgan fingerprint density at radius 1 is 1.47 bits per heavy atom. The molecule has 2 nitrogen and oxygen atoms in total. The number of halogens is 1. The van der Waals surface area contributed by atoms with E-state index in [9.17, 15) is 4.39 Å². The summed E-state index contributed by atoms with van der Waals surface area (Å²) in [7, 11) is 0. The van der Waals surface area contributed by atoms with Gasteiger partial charge in [0.2, 0.25) is 0 Å². The predicted octanol–water partition coefficient (Wildman–Crippen LogP) is 2.60. The summed E-state index contributed by atoms with van der Waals surface area (Å²) in [5.74, 6) is -0.149. The number of rotatable bonds is 4. The van der Waals surface area contributed by atoms with Crippen molar-refractivity contribution in [3.63, 3.8) is 0 Å². The molecule has 1 aromatic rings. The Hall–Kier alpha value is -0.580. The van der Waals surface area contributed by atoms with Crippen molar-refractivity contribution >= 4 is 11.8 Å². The van der Waals surface area contributed by atoms with Crippen LogP contribution in [0.5, 0.6) is 0 Å². The average molecular weight is 255 g/mol. The quantitative estimate of drug-likeness (QED) is 0.898. The summed E-state index contributed by atoms with van der Waals surface area (Å²) in [5, 5.41) is 0.404. The van der Waals surface area contributed by atoms with E-state index in [1.807, 2.05) is 26.0 Å². The molecular formula is C13H18FNOS. The molecule has 0 saturated carbocycles. The van der Waals surface area contributed by atoms with Gasteiger partial charge in [-0.1, -0.05) is 6.07 Å². The molecule has 0 bridgehead atoms. The predicted molar refractivity (Wildman–Crippen MR) is 68.8 cm³/mol. The highest BCUT2D eigenvalue weighted by Gasteiger charge is 2.21. The Balaban J connectivity index is 2.05. The largest absolute Gasteiger partial charge is 0.379 e. The highest BCUT2D eigenvalue weighted by Crippen LogP contribution is 2.30. The normalized spacial score (nSPS) is 16.9. The Bertz CT molecular complexity index is 399. The minimum atomic E-state index is -0.303. The van der Waals surface area contributed by atoms with Gasteiger partial charge >= 0.3 is 0 Å². The number of nitrogens with two attached hydrogens (primary N) is 1. The van der Waals surface area contributed by atoms with Crippen LogP contribution in [0.15, 0.2) is 23.1 Å². The van der Waals surface area contributed by atoms with Crippen LogP contribution in [0.4, 0.5) is 4.39 Å². The second-order valence-corrected chi connectivity index (χ2v) is 6.55. The van der Waals surface area contributed by atoms with Gasteiger partial charge in [0, 0.05) is 10.4 Å². The minimum Gasteiger partial charge on any atom is -0.379 e. The van der Waals surface area contributed by atoms with Crippen LogP contribution in [0.3, 0.4) is 0 Å². The fraction of sp³-hybridized carbons (Fsp3) is 0.538. The lowest BCUT2D eigenvalue weighted by Crippen LogP contribution is -2.34. The van der Waals surface area contributed by atoms with E-state index in [1.165, 1.54) is 0 Å². The van der Waals surface area contributed by atoms with E-state index in [0.717, 1.165) is 18.8 Å². The second-order valence-electron chi connectivity index (χ2n) is 5.21. The summed E-state index contributed by atoms with van der Waals surface area (Å²) in [6.07, 6.45) is 0.682. The van der Waals surface area contributed by atoms with Gasteiger partial charge in [-0.25, -0.2) is 4.39 Å². The van der Waals surface area contributed by atoms with Gasteiger partial charge < -0.3 is 10.5 Å². The van der Waals surface area contributed by atoms with Crippen LogP contribution >= 0.6 is 11.8 Å². The monoisotopic (exact) mass is 255 g/mol. The molecule has 1 fully saturated rings. The number of benzene rings is 1. The molecule has 0 atom stereocenters. The number of thioether (sulfide) groups is 1. The average Bonchev–Trinajstić information content (AvgIpc) is 2.11. The molecular weight excluding hydrogens is 237 g/mol. The number of hydrogen-bond donors (Lipinski definition) is 1. The van der Waals surface area contributed by atoms with Gasteiger partial charge in [-0.15, -0.1) is 11.8 Å². The molecule has 2 N–H and O–H groups in total. The molecule has 1 heterocycles. The van der Waals surface area contributed by atoms with Crippen LogP contribution < -0.4 is 5.73 Å². The first kappa shape index (κ1) is 12.9. The lowest BCUT2D eigenvalue weighted by atomic mass is 9.96. The van der Waals surface area contributed by atoms with Crippen LogP contribution in [0.2, 0.25) is 0 Å². The third kappa shape index (κ3) is 3.69. The van der Waals surface area contributed by atoms with Gasteiger partial charge in [0.25, 0.3) is 0 Å². The maximum Gasteiger partial charge on any atom is 0.137 e. The van der Waals surface area contributed by atoms with E-state index in [-0.39, 0.29) is 11.4 Å². The second kappa shape index (κ2) is 4.96. The van der Waals surface area contributed by atoms with E-state index in [4.69, 9.17) is 10.5 Å². The Morgan fingerprint density at radius 2 is 2.18 bits per heavy atom. The molecule has 1 saturated heterocycles. The molecule has 0 spiro atoms. The van der Waals surface area contributed by atoms with Crippen molar-refractivity contribution < 1.29 is 9.13 Å². The smallest absolute Gasteiger partial charge is 0.137 e. The minimum absolute atomic E-state index is 0.149. The zero-order chi connectivity index (χ0) is 12.5. The van der Waals surface area contributed by atoms with E-state index in [0.29, 0.717) is 16.6 Å². The van der Waals surface area contributed by atoms with Crippen LogP contribution in [0.25, 0.3) is 0 Å². The first-order chi connectivity index (χ1) is 7.94. The summed E-state index contributed by atoms with van der Waals surface area (Å²) in [6.45, 7) is 5.34. The molecule has 0 unspecified atom stereocenters. The molecule has 1 aromatic carbocycles. The molecule has 2 rings (SSSR count). The van der Waals surface area contributed by atoms with Gasteiger partial charge in [-0.2, -0.15) is 0 Å². The Morgan fingerprint density at radius 3 is 2.65 bits per heavy atom. The van der Waals surface area contributed by atoms with Gasteiger partial charge in [0.1, 0.15) is 5.82 Å². The Kier molecular flexibility index (Phi) is 3.76. The van der Waals surface area contributed by atoms with E-state index in [1.54, 1.807) is 17.8 Å². The van der Waals surface area contributed by atoms with Crippen molar-refractivity contribution in [1.29, 1.82) is 0 Å². The van der Waals surface area contributed by atoms with E-state index < -0.39 is 0 Å². The van der Waals surface area contributed by atoms with Crippen LogP contribution in [-0.2, 0) is 11.2 Å². The van der Waals surface area contributed by atoms with Crippen molar-refractivity contribution in [2.45, 2.75) is 36.0 Å². The highest BCUT2D eigenvalue weighted by molar-refractivity contribution is 8.00. The summed E-state index contributed by atoms with van der Waals surface area (Å²) in [5.41, 5.74) is 6.57. The molecule has 94 valence electrons. The topological polar surface area (TPSA) is 35.2 Å². The Labute approximate surface area is 106 Å². The fourth-order valence-electron chi connectivity index (χ4n) is 1.74. The molecule has 0 aliphatic carbocycles. The highest BCUT2D eigenvalue weighted by atomic mass is 32.2. The molecule has 0 aromatic heterocycles. The zero-order valence-electron chi connectivity index (χ0n) is 10.2. The van der Waals surface area contributed by atoms with Gasteiger partial charge in [0.15, 0.2) is 0 Å².